The van der Waals surface area contributed by atoms with Crippen molar-refractivity contribution in [3.05, 3.63) is 33.8 Å². The van der Waals surface area contributed by atoms with Crippen molar-refractivity contribution in [3.8, 4) is 0 Å². The molecule has 1 aromatic carbocycles. The summed E-state index contributed by atoms with van der Waals surface area (Å²) in [5, 5.41) is 3.51. The largest absolute Gasteiger partial charge is 0.460 e. The van der Waals surface area contributed by atoms with E-state index in [-0.39, 0.29) is 18.5 Å². The first-order valence-corrected chi connectivity index (χ1v) is 11.7. The van der Waals surface area contributed by atoms with Crippen molar-refractivity contribution in [2.45, 2.75) is 77.4 Å². The summed E-state index contributed by atoms with van der Waals surface area (Å²) >= 11 is 12.1. The first-order valence-electron chi connectivity index (χ1n) is 10.9. The van der Waals surface area contributed by atoms with Crippen molar-refractivity contribution in [1.29, 1.82) is 0 Å². The summed E-state index contributed by atoms with van der Waals surface area (Å²) in [5.74, 6) is -2.18. The summed E-state index contributed by atoms with van der Waals surface area (Å²) in [6.07, 6.45) is 0.170. The molecule has 0 heterocycles. The number of amides is 1. The van der Waals surface area contributed by atoms with E-state index in [4.69, 9.17) is 37.4 Å². The zero-order chi connectivity index (χ0) is 24.8. The van der Waals surface area contributed by atoms with Crippen LogP contribution in [0, 0.1) is 17.8 Å². The maximum absolute atomic E-state index is 13.5. The van der Waals surface area contributed by atoms with E-state index in [9.17, 15) is 14.4 Å². The van der Waals surface area contributed by atoms with E-state index in [1.165, 1.54) is 0 Å². The molecular formula is C24H31Cl2NO6. The SMILES string of the molecule is CC(C)(C)OC(=O)[C@H]1C2C[C@@H](OCc3ccc(Cl)c(Cl)c3)[C@@](NC=O)(C(=O)OC(C)(C)C)C21. The van der Waals surface area contributed by atoms with Crippen LogP contribution in [0.2, 0.25) is 10.0 Å². The number of halogens is 2. The fraction of sp³-hybridized carbons (Fsp3) is 0.625. The number of ether oxygens (including phenoxy) is 3. The van der Waals surface area contributed by atoms with Crippen molar-refractivity contribution in [2.75, 3.05) is 0 Å². The summed E-state index contributed by atoms with van der Waals surface area (Å²) < 4.78 is 17.4. The zero-order valence-corrected chi connectivity index (χ0v) is 21.3. The van der Waals surface area contributed by atoms with Gasteiger partial charge in [-0.3, -0.25) is 9.59 Å². The number of hydrogen-bond acceptors (Lipinski definition) is 6. The highest BCUT2D eigenvalue weighted by molar-refractivity contribution is 6.42. The lowest BCUT2D eigenvalue weighted by Gasteiger charge is -2.38. The lowest BCUT2D eigenvalue weighted by Crippen LogP contribution is -2.62. The highest BCUT2D eigenvalue weighted by atomic mass is 35.5. The van der Waals surface area contributed by atoms with Crippen LogP contribution in [0.25, 0.3) is 0 Å². The fourth-order valence-corrected chi connectivity index (χ4v) is 4.95. The van der Waals surface area contributed by atoms with Gasteiger partial charge in [0.2, 0.25) is 6.41 Å². The van der Waals surface area contributed by atoms with Crippen molar-refractivity contribution in [1.82, 2.24) is 5.32 Å². The van der Waals surface area contributed by atoms with Gasteiger partial charge < -0.3 is 19.5 Å². The molecule has 2 unspecified atom stereocenters. The average molecular weight is 500 g/mol. The Morgan fingerprint density at radius 3 is 2.27 bits per heavy atom. The third-order valence-electron chi connectivity index (χ3n) is 5.84. The van der Waals surface area contributed by atoms with Gasteiger partial charge in [0.15, 0.2) is 5.54 Å². The molecule has 1 amide bonds. The Hall–Kier alpha value is -1.83. The van der Waals surface area contributed by atoms with E-state index < -0.39 is 40.7 Å². The minimum atomic E-state index is -1.50. The smallest absolute Gasteiger partial charge is 0.335 e. The van der Waals surface area contributed by atoms with E-state index in [0.29, 0.717) is 22.9 Å². The van der Waals surface area contributed by atoms with Crippen LogP contribution >= 0.6 is 23.2 Å². The van der Waals surface area contributed by atoms with Gasteiger partial charge in [-0.2, -0.15) is 0 Å². The fourth-order valence-electron chi connectivity index (χ4n) is 4.63. The molecule has 0 aromatic heterocycles. The second kappa shape index (κ2) is 9.08. The molecule has 2 aliphatic carbocycles. The molecule has 2 aliphatic rings. The Bertz CT molecular complexity index is 938. The van der Waals surface area contributed by atoms with Crippen LogP contribution in [-0.4, -0.2) is 41.2 Å². The van der Waals surface area contributed by atoms with Crippen molar-refractivity contribution >= 4 is 41.6 Å². The predicted octanol–water partition coefficient (Wildman–Crippen LogP) is 4.31. The quantitative estimate of drug-likeness (QED) is 0.443. The molecule has 0 radical (unpaired) electrons. The van der Waals surface area contributed by atoms with Gasteiger partial charge >= 0.3 is 11.9 Å². The van der Waals surface area contributed by atoms with Crippen LogP contribution in [0.4, 0.5) is 0 Å². The summed E-state index contributed by atoms with van der Waals surface area (Å²) in [6, 6.07) is 5.12. The van der Waals surface area contributed by atoms with Crippen molar-refractivity contribution in [2.24, 2.45) is 17.8 Å². The standard InChI is InChI=1S/C24H31Cl2NO6/c1-22(2,3)32-20(29)18-14-10-17(31-11-13-7-8-15(25)16(26)9-13)24(19(14)18,27-12-28)21(30)33-23(4,5)6/h7-9,12,14,17-19H,10-11H2,1-6H3,(H,27,28)/t14?,17-,18+,19?,24+/m1/s1. The van der Waals surface area contributed by atoms with E-state index in [2.05, 4.69) is 5.32 Å². The minimum absolute atomic E-state index is 0.142. The van der Waals surface area contributed by atoms with Crippen LogP contribution < -0.4 is 5.32 Å². The molecule has 9 heteroatoms. The number of carbonyl (C=O) groups excluding carboxylic acids is 3. The van der Waals surface area contributed by atoms with Gasteiger partial charge in [-0.25, -0.2) is 4.79 Å². The van der Waals surface area contributed by atoms with E-state index >= 15 is 0 Å². The molecular weight excluding hydrogens is 469 g/mol. The Kier molecular flexibility index (Phi) is 7.10. The van der Waals surface area contributed by atoms with Crippen LogP contribution in [0.3, 0.4) is 0 Å². The van der Waals surface area contributed by atoms with Gasteiger partial charge in [-0.15, -0.1) is 0 Å². The highest BCUT2D eigenvalue weighted by Crippen LogP contribution is 2.64. The molecule has 3 rings (SSSR count). The summed E-state index contributed by atoms with van der Waals surface area (Å²) in [7, 11) is 0. The summed E-state index contributed by atoms with van der Waals surface area (Å²) in [4.78, 5) is 38.0. The molecule has 1 N–H and O–H groups in total. The molecule has 2 saturated carbocycles. The molecule has 1 aromatic rings. The second-order valence-corrected chi connectivity index (χ2v) is 11.5. The monoisotopic (exact) mass is 499 g/mol. The lowest BCUT2D eigenvalue weighted by atomic mass is 9.87. The lowest BCUT2D eigenvalue weighted by molar-refractivity contribution is -0.174. The second-order valence-electron chi connectivity index (χ2n) is 10.7. The van der Waals surface area contributed by atoms with E-state index in [0.717, 1.165) is 5.56 Å². The molecule has 33 heavy (non-hydrogen) atoms. The van der Waals surface area contributed by atoms with Gasteiger partial charge in [-0.1, -0.05) is 29.3 Å². The summed E-state index contributed by atoms with van der Waals surface area (Å²) in [5.41, 5.74) is -2.20. The Labute approximate surface area is 204 Å². The number of hydrogen-bond donors (Lipinski definition) is 1. The number of carbonyl (C=O) groups is 3. The van der Waals surface area contributed by atoms with Gasteiger partial charge in [0, 0.05) is 5.92 Å². The maximum atomic E-state index is 13.5. The van der Waals surface area contributed by atoms with Gasteiger partial charge in [0.05, 0.1) is 28.7 Å². The predicted molar refractivity (Wildman–Crippen MR) is 124 cm³/mol. The van der Waals surface area contributed by atoms with Gasteiger partial charge in [-0.05, 0) is 71.6 Å². The minimum Gasteiger partial charge on any atom is -0.460 e. The van der Waals surface area contributed by atoms with Crippen molar-refractivity contribution < 1.29 is 28.6 Å². The number of fused-ring (bicyclic) bond motifs is 1. The van der Waals surface area contributed by atoms with E-state index in [1.807, 2.05) is 0 Å². The van der Waals surface area contributed by atoms with Crippen LogP contribution in [-0.2, 0) is 35.2 Å². The normalized spacial score (nSPS) is 28.6. The molecule has 5 atom stereocenters. The van der Waals surface area contributed by atoms with Crippen LogP contribution in [0.1, 0.15) is 53.5 Å². The Morgan fingerprint density at radius 1 is 1.09 bits per heavy atom. The molecule has 2 fully saturated rings. The summed E-state index contributed by atoms with van der Waals surface area (Å²) in [6.45, 7) is 10.7. The Balaban J connectivity index is 1.89. The maximum Gasteiger partial charge on any atom is 0.335 e. The first-order chi connectivity index (χ1) is 15.2. The Morgan fingerprint density at radius 2 is 1.73 bits per heavy atom. The van der Waals surface area contributed by atoms with E-state index in [1.54, 1.807) is 59.7 Å². The zero-order valence-electron chi connectivity index (χ0n) is 19.7. The van der Waals surface area contributed by atoms with Gasteiger partial charge in [0.25, 0.3) is 0 Å². The molecule has 7 nitrogen and oxygen atoms in total. The number of benzene rings is 1. The first kappa shape index (κ1) is 25.8. The molecule has 0 aliphatic heterocycles. The molecule has 0 spiro atoms. The topological polar surface area (TPSA) is 90.9 Å². The number of rotatable bonds is 7. The number of nitrogens with one attached hydrogen (secondary N) is 1. The average Bonchev–Trinajstić information content (AvgIpc) is 3.29. The third kappa shape index (κ3) is 5.47. The van der Waals surface area contributed by atoms with Crippen LogP contribution in [0.5, 0.6) is 0 Å². The van der Waals surface area contributed by atoms with Crippen molar-refractivity contribution in [3.63, 3.8) is 0 Å². The molecule has 0 bridgehead atoms. The van der Waals surface area contributed by atoms with Crippen LogP contribution in [0.15, 0.2) is 18.2 Å². The number of esters is 2. The third-order valence-corrected chi connectivity index (χ3v) is 6.58. The molecule has 182 valence electrons. The van der Waals surface area contributed by atoms with Gasteiger partial charge in [0.1, 0.15) is 11.2 Å². The highest BCUT2D eigenvalue weighted by Gasteiger charge is 2.77. The molecule has 0 saturated heterocycles.